The molecular weight excluding hydrogens is 240 g/mol. The number of phenols is 1. The summed E-state index contributed by atoms with van der Waals surface area (Å²) in [5, 5.41) is 9.97. The highest BCUT2D eigenvalue weighted by atomic mass is 16.5. The van der Waals surface area contributed by atoms with Crippen molar-refractivity contribution in [2.75, 3.05) is 6.61 Å². The van der Waals surface area contributed by atoms with Crippen LogP contribution in [0.5, 0.6) is 5.75 Å². The Morgan fingerprint density at radius 3 is 2.79 bits per heavy atom. The molecule has 0 aromatic heterocycles. The third-order valence-corrected chi connectivity index (χ3v) is 3.81. The van der Waals surface area contributed by atoms with Gasteiger partial charge in [0.2, 0.25) is 0 Å². The molecule has 0 unspecified atom stereocenters. The second kappa shape index (κ2) is 6.60. The molecule has 1 aliphatic carbocycles. The van der Waals surface area contributed by atoms with Crippen LogP contribution in [0.2, 0.25) is 0 Å². The summed E-state index contributed by atoms with van der Waals surface area (Å²) < 4.78 is 4.93. The zero-order valence-electron chi connectivity index (χ0n) is 11.5. The Bertz CT molecular complexity index is 434. The molecule has 0 spiro atoms. The third kappa shape index (κ3) is 3.72. The average Bonchev–Trinajstić information content (AvgIpc) is 2.92. The summed E-state index contributed by atoms with van der Waals surface area (Å²) in [6.45, 7) is 2.25. The summed E-state index contributed by atoms with van der Waals surface area (Å²) in [6.07, 6.45) is 5.90. The third-order valence-electron chi connectivity index (χ3n) is 3.81. The summed E-state index contributed by atoms with van der Waals surface area (Å²) in [6, 6.07) is 5.71. The number of phenolic OH excluding ortho intramolecular Hbond substituents is 1. The number of rotatable bonds is 5. The molecule has 19 heavy (non-hydrogen) atoms. The molecule has 1 aliphatic rings. The number of hydrogen-bond acceptors (Lipinski definition) is 3. The topological polar surface area (TPSA) is 46.5 Å². The molecule has 0 atom stereocenters. The van der Waals surface area contributed by atoms with Crippen molar-refractivity contribution < 1.29 is 14.6 Å². The standard InChI is InChI=1S/C16H22O3/c1-2-19-16(18)10-8-12-7-9-15(17)14(11-12)13-5-3-4-6-13/h7,9,11,13,17H,2-6,8,10H2,1H3. The quantitative estimate of drug-likeness (QED) is 0.825. The highest BCUT2D eigenvalue weighted by molar-refractivity contribution is 5.69. The molecule has 0 heterocycles. The first-order valence-electron chi connectivity index (χ1n) is 7.18. The molecule has 0 radical (unpaired) electrons. The summed E-state index contributed by atoms with van der Waals surface area (Å²) in [5.41, 5.74) is 2.16. The van der Waals surface area contributed by atoms with E-state index in [2.05, 4.69) is 6.07 Å². The number of esters is 1. The molecule has 1 aromatic carbocycles. The molecule has 2 rings (SSSR count). The Labute approximate surface area is 114 Å². The van der Waals surface area contributed by atoms with Crippen molar-refractivity contribution in [2.45, 2.75) is 51.4 Å². The first-order valence-corrected chi connectivity index (χ1v) is 7.18. The van der Waals surface area contributed by atoms with Gasteiger partial charge in [-0.1, -0.05) is 25.0 Å². The Kier molecular flexibility index (Phi) is 4.83. The summed E-state index contributed by atoms with van der Waals surface area (Å²) in [7, 11) is 0. The Morgan fingerprint density at radius 1 is 1.37 bits per heavy atom. The van der Waals surface area contributed by atoms with E-state index in [1.807, 2.05) is 13.0 Å². The van der Waals surface area contributed by atoms with Crippen LogP contribution in [0.25, 0.3) is 0 Å². The lowest BCUT2D eigenvalue weighted by Gasteiger charge is -2.13. The predicted molar refractivity (Wildman–Crippen MR) is 74.3 cm³/mol. The lowest BCUT2D eigenvalue weighted by atomic mass is 9.94. The maximum absolute atomic E-state index is 11.4. The number of hydrogen-bond donors (Lipinski definition) is 1. The van der Waals surface area contributed by atoms with E-state index in [1.165, 1.54) is 12.8 Å². The van der Waals surface area contributed by atoms with E-state index in [0.717, 1.165) is 24.0 Å². The van der Waals surface area contributed by atoms with Gasteiger partial charge in [0.15, 0.2) is 0 Å². The van der Waals surface area contributed by atoms with E-state index in [1.54, 1.807) is 6.07 Å². The van der Waals surface area contributed by atoms with E-state index in [9.17, 15) is 9.90 Å². The van der Waals surface area contributed by atoms with Crippen LogP contribution in [0.4, 0.5) is 0 Å². The van der Waals surface area contributed by atoms with Gasteiger partial charge in [-0.3, -0.25) is 4.79 Å². The first kappa shape index (κ1) is 13.9. The van der Waals surface area contributed by atoms with Crippen molar-refractivity contribution in [2.24, 2.45) is 0 Å². The fourth-order valence-corrected chi connectivity index (χ4v) is 2.80. The average molecular weight is 262 g/mol. The number of carbonyl (C=O) groups is 1. The van der Waals surface area contributed by atoms with E-state index in [0.29, 0.717) is 31.1 Å². The maximum Gasteiger partial charge on any atom is 0.306 e. The van der Waals surface area contributed by atoms with Crippen LogP contribution in [-0.2, 0) is 16.0 Å². The second-order valence-electron chi connectivity index (χ2n) is 5.18. The van der Waals surface area contributed by atoms with E-state index < -0.39 is 0 Å². The molecule has 3 heteroatoms. The van der Waals surface area contributed by atoms with Crippen LogP contribution in [0.1, 0.15) is 56.1 Å². The van der Waals surface area contributed by atoms with Gasteiger partial charge in [0.05, 0.1) is 6.61 Å². The molecule has 0 bridgehead atoms. The monoisotopic (exact) mass is 262 g/mol. The molecule has 3 nitrogen and oxygen atoms in total. The van der Waals surface area contributed by atoms with Gasteiger partial charge in [0, 0.05) is 6.42 Å². The largest absolute Gasteiger partial charge is 0.508 e. The van der Waals surface area contributed by atoms with E-state index >= 15 is 0 Å². The fourth-order valence-electron chi connectivity index (χ4n) is 2.80. The Morgan fingerprint density at radius 2 is 2.11 bits per heavy atom. The number of aryl methyl sites for hydroxylation is 1. The number of benzene rings is 1. The maximum atomic E-state index is 11.4. The number of ether oxygens (including phenoxy) is 1. The van der Waals surface area contributed by atoms with Crippen LogP contribution in [-0.4, -0.2) is 17.7 Å². The van der Waals surface area contributed by atoms with Crippen LogP contribution >= 0.6 is 0 Å². The van der Waals surface area contributed by atoms with Crippen molar-refractivity contribution >= 4 is 5.97 Å². The smallest absolute Gasteiger partial charge is 0.306 e. The normalized spacial score (nSPS) is 15.6. The molecular formula is C16H22O3. The van der Waals surface area contributed by atoms with Gasteiger partial charge in [-0.25, -0.2) is 0 Å². The zero-order valence-corrected chi connectivity index (χ0v) is 11.5. The van der Waals surface area contributed by atoms with Crippen LogP contribution in [0.15, 0.2) is 18.2 Å². The highest BCUT2D eigenvalue weighted by Gasteiger charge is 2.20. The number of carbonyl (C=O) groups excluding carboxylic acids is 1. The minimum atomic E-state index is -0.155. The van der Waals surface area contributed by atoms with Crippen LogP contribution < -0.4 is 0 Å². The lowest BCUT2D eigenvalue weighted by Crippen LogP contribution is -2.05. The van der Waals surface area contributed by atoms with Gasteiger partial charge < -0.3 is 9.84 Å². The van der Waals surface area contributed by atoms with E-state index in [4.69, 9.17) is 4.74 Å². The summed E-state index contributed by atoms with van der Waals surface area (Å²) in [5.74, 6) is 0.729. The number of aromatic hydroxyl groups is 1. The van der Waals surface area contributed by atoms with Crippen molar-refractivity contribution in [1.29, 1.82) is 0 Å². The van der Waals surface area contributed by atoms with Gasteiger partial charge in [-0.2, -0.15) is 0 Å². The molecule has 104 valence electrons. The van der Waals surface area contributed by atoms with Crippen molar-refractivity contribution in [1.82, 2.24) is 0 Å². The molecule has 1 saturated carbocycles. The predicted octanol–water partition coefficient (Wildman–Crippen LogP) is 3.55. The van der Waals surface area contributed by atoms with Gasteiger partial charge in [0.1, 0.15) is 5.75 Å². The van der Waals surface area contributed by atoms with Gasteiger partial charge in [0.25, 0.3) is 0 Å². The molecule has 1 fully saturated rings. The molecule has 1 N–H and O–H groups in total. The van der Waals surface area contributed by atoms with Crippen molar-refractivity contribution in [3.05, 3.63) is 29.3 Å². The van der Waals surface area contributed by atoms with Gasteiger partial charge in [-0.15, -0.1) is 0 Å². The zero-order chi connectivity index (χ0) is 13.7. The minimum absolute atomic E-state index is 0.155. The molecule has 0 amide bonds. The Balaban J connectivity index is 2.01. The lowest BCUT2D eigenvalue weighted by molar-refractivity contribution is -0.143. The summed E-state index contributed by atoms with van der Waals surface area (Å²) >= 11 is 0. The first-order chi connectivity index (χ1) is 9.20. The van der Waals surface area contributed by atoms with Gasteiger partial charge in [-0.05, 0) is 49.3 Å². The van der Waals surface area contributed by atoms with Crippen LogP contribution in [0, 0.1) is 0 Å². The van der Waals surface area contributed by atoms with Gasteiger partial charge >= 0.3 is 5.97 Å². The molecule has 0 saturated heterocycles. The minimum Gasteiger partial charge on any atom is -0.508 e. The second-order valence-corrected chi connectivity index (χ2v) is 5.18. The summed E-state index contributed by atoms with van der Waals surface area (Å²) in [4.78, 5) is 11.4. The van der Waals surface area contributed by atoms with Crippen LogP contribution in [0.3, 0.4) is 0 Å². The molecule has 0 aliphatic heterocycles. The Hall–Kier alpha value is -1.51. The van der Waals surface area contributed by atoms with Crippen molar-refractivity contribution in [3.63, 3.8) is 0 Å². The SMILES string of the molecule is CCOC(=O)CCc1ccc(O)c(C2CCCC2)c1. The van der Waals surface area contributed by atoms with E-state index in [-0.39, 0.29) is 5.97 Å². The van der Waals surface area contributed by atoms with Crippen molar-refractivity contribution in [3.8, 4) is 5.75 Å². The fraction of sp³-hybridized carbons (Fsp3) is 0.562. The highest BCUT2D eigenvalue weighted by Crippen LogP contribution is 2.38. The molecule has 1 aromatic rings.